The monoisotopic (exact) mass is 332 g/mol. The third kappa shape index (κ3) is 4.43. The van der Waals surface area contributed by atoms with Gasteiger partial charge in [0.2, 0.25) is 5.91 Å². The highest BCUT2D eigenvalue weighted by atomic mass is 32.1. The molecule has 7 nitrogen and oxygen atoms in total. The van der Waals surface area contributed by atoms with Gasteiger partial charge in [-0.25, -0.2) is 10.4 Å². The zero-order chi connectivity index (χ0) is 17.0. The van der Waals surface area contributed by atoms with Crippen LogP contribution in [0, 0.1) is 24.0 Å². The summed E-state index contributed by atoms with van der Waals surface area (Å²) >= 11 is 1.48. The minimum atomic E-state index is -0.435. The van der Waals surface area contributed by atoms with Crippen molar-refractivity contribution in [1.82, 2.24) is 10.4 Å². The number of hydrazone groups is 1. The Morgan fingerprint density at radius 1 is 1.43 bits per heavy atom. The number of hydrogen-bond donors (Lipinski definition) is 1. The molecule has 0 spiro atoms. The second-order valence-corrected chi connectivity index (χ2v) is 6.09. The second kappa shape index (κ2) is 7.10. The fourth-order valence-corrected chi connectivity index (χ4v) is 2.55. The molecule has 1 amide bonds. The number of thiazole rings is 1. The summed E-state index contributed by atoms with van der Waals surface area (Å²) in [5.41, 5.74) is 4.84. The van der Waals surface area contributed by atoms with E-state index in [-0.39, 0.29) is 18.0 Å². The van der Waals surface area contributed by atoms with E-state index in [0.29, 0.717) is 22.5 Å². The van der Waals surface area contributed by atoms with E-state index in [1.54, 1.807) is 26.0 Å². The van der Waals surface area contributed by atoms with Gasteiger partial charge in [-0.15, -0.1) is 11.3 Å². The maximum atomic E-state index is 11.8. The number of benzene rings is 1. The quantitative estimate of drug-likeness (QED) is 0.517. The van der Waals surface area contributed by atoms with E-state index in [1.807, 2.05) is 12.3 Å². The molecule has 0 aliphatic heterocycles. The molecule has 23 heavy (non-hydrogen) atoms. The van der Waals surface area contributed by atoms with Gasteiger partial charge in [-0.1, -0.05) is 12.1 Å². The summed E-state index contributed by atoms with van der Waals surface area (Å²) in [5, 5.41) is 17.7. The third-order valence-electron chi connectivity index (χ3n) is 3.18. The lowest BCUT2D eigenvalue weighted by atomic mass is 10.1. The molecule has 0 aliphatic rings. The number of carbonyl (C=O) groups is 1. The molecule has 0 saturated carbocycles. The second-order valence-electron chi connectivity index (χ2n) is 5.03. The first-order valence-electron chi connectivity index (χ1n) is 6.86. The molecular weight excluding hydrogens is 316 g/mol. The van der Waals surface area contributed by atoms with Crippen LogP contribution < -0.4 is 5.43 Å². The number of aromatic nitrogens is 1. The van der Waals surface area contributed by atoms with Crippen molar-refractivity contribution in [3.63, 3.8) is 0 Å². The topological polar surface area (TPSA) is 97.5 Å². The molecule has 0 aliphatic carbocycles. The van der Waals surface area contributed by atoms with Gasteiger partial charge in [0, 0.05) is 22.6 Å². The Bertz CT molecular complexity index is 783. The average molecular weight is 332 g/mol. The number of hydrogen-bond acceptors (Lipinski definition) is 6. The van der Waals surface area contributed by atoms with Crippen molar-refractivity contribution in [1.29, 1.82) is 0 Å². The van der Waals surface area contributed by atoms with Crippen LogP contribution in [0.25, 0.3) is 0 Å². The van der Waals surface area contributed by atoms with E-state index in [2.05, 4.69) is 15.5 Å². The number of nitro groups is 1. The summed E-state index contributed by atoms with van der Waals surface area (Å²) in [7, 11) is 0. The molecule has 1 N–H and O–H groups in total. The van der Waals surface area contributed by atoms with Crippen LogP contribution >= 0.6 is 11.3 Å². The predicted molar refractivity (Wildman–Crippen MR) is 88.7 cm³/mol. The van der Waals surface area contributed by atoms with Crippen LogP contribution in [0.5, 0.6) is 0 Å². The summed E-state index contributed by atoms with van der Waals surface area (Å²) in [4.78, 5) is 26.6. The smallest absolute Gasteiger partial charge is 0.272 e. The van der Waals surface area contributed by atoms with Crippen LogP contribution in [0.2, 0.25) is 0 Å². The lowest BCUT2D eigenvalue weighted by molar-refractivity contribution is -0.385. The number of nitrogens with zero attached hydrogens (tertiary/aromatic N) is 3. The molecule has 1 aromatic carbocycles. The maximum Gasteiger partial charge on any atom is 0.272 e. The van der Waals surface area contributed by atoms with Gasteiger partial charge in [-0.2, -0.15) is 5.10 Å². The maximum absolute atomic E-state index is 11.8. The largest absolute Gasteiger partial charge is 0.273 e. The van der Waals surface area contributed by atoms with E-state index in [0.717, 1.165) is 5.01 Å². The van der Waals surface area contributed by atoms with E-state index in [9.17, 15) is 14.9 Å². The van der Waals surface area contributed by atoms with Crippen molar-refractivity contribution < 1.29 is 9.72 Å². The minimum Gasteiger partial charge on any atom is -0.273 e. The van der Waals surface area contributed by atoms with Gasteiger partial charge < -0.3 is 0 Å². The van der Waals surface area contributed by atoms with Crippen LogP contribution in [0.4, 0.5) is 5.69 Å². The van der Waals surface area contributed by atoms with Gasteiger partial charge in [-0.05, 0) is 20.8 Å². The first-order valence-corrected chi connectivity index (χ1v) is 7.74. The van der Waals surface area contributed by atoms with E-state index in [1.165, 1.54) is 17.4 Å². The average Bonchev–Trinajstić information content (AvgIpc) is 2.90. The van der Waals surface area contributed by atoms with Crippen molar-refractivity contribution in [2.75, 3.05) is 0 Å². The minimum absolute atomic E-state index is 0.0290. The van der Waals surface area contributed by atoms with Gasteiger partial charge >= 0.3 is 0 Å². The normalized spacial score (nSPS) is 11.3. The van der Waals surface area contributed by atoms with E-state index >= 15 is 0 Å². The van der Waals surface area contributed by atoms with Crippen molar-refractivity contribution in [2.24, 2.45) is 5.10 Å². The molecule has 2 rings (SSSR count). The summed E-state index contributed by atoms with van der Waals surface area (Å²) in [6.45, 7) is 5.23. The predicted octanol–water partition coefficient (Wildman–Crippen LogP) is 2.75. The van der Waals surface area contributed by atoms with Crippen LogP contribution in [0.1, 0.15) is 28.8 Å². The number of nitrogens with one attached hydrogen (secondary N) is 1. The van der Waals surface area contributed by atoms with E-state index < -0.39 is 4.92 Å². The lowest BCUT2D eigenvalue weighted by Crippen LogP contribution is -2.21. The lowest BCUT2D eigenvalue weighted by Gasteiger charge is -2.04. The molecule has 0 fully saturated rings. The molecule has 1 heterocycles. The fraction of sp³-hybridized carbons (Fsp3) is 0.267. The first kappa shape index (κ1) is 16.8. The number of carbonyl (C=O) groups excluding carboxylic acids is 1. The van der Waals surface area contributed by atoms with Crippen LogP contribution in [0.15, 0.2) is 28.7 Å². The van der Waals surface area contributed by atoms with Crippen LogP contribution in [0.3, 0.4) is 0 Å². The van der Waals surface area contributed by atoms with Gasteiger partial charge in [0.05, 0.1) is 27.8 Å². The molecule has 1 aromatic heterocycles. The summed E-state index contributed by atoms with van der Waals surface area (Å²) in [6.07, 6.45) is 0.148. The highest BCUT2D eigenvalue weighted by Gasteiger charge is 2.12. The highest BCUT2D eigenvalue weighted by Crippen LogP contribution is 2.19. The van der Waals surface area contributed by atoms with Crippen LogP contribution in [-0.2, 0) is 11.2 Å². The van der Waals surface area contributed by atoms with Crippen LogP contribution in [-0.4, -0.2) is 21.5 Å². The number of aryl methyl sites for hydroxylation is 2. The summed E-state index contributed by atoms with van der Waals surface area (Å²) in [6, 6.07) is 4.84. The zero-order valence-corrected chi connectivity index (χ0v) is 13.8. The SMILES string of the molecule is C/C(=N/NC(=O)Cc1csc(C)n1)c1ccc(C)c([N+](=O)[O-])c1. The van der Waals surface area contributed by atoms with E-state index in [4.69, 9.17) is 0 Å². The Labute approximate surface area is 137 Å². The van der Waals surface area contributed by atoms with Crippen molar-refractivity contribution in [3.8, 4) is 0 Å². The Balaban J connectivity index is 2.06. The molecule has 0 saturated heterocycles. The fourth-order valence-electron chi connectivity index (χ4n) is 1.94. The van der Waals surface area contributed by atoms with Crippen molar-refractivity contribution in [2.45, 2.75) is 27.2 Å². The molecule has 0 radical (unpaired) electrons. The molecule has 120 valence electrons. The first-order chi connectivity index (χ1) is 10.9. The molecule has 0 atom stereocenters. The Morgan fingerprint density at radius 3 is 2.78 bits per heavy atom. The summed E-state index contributed by atoms with van der Waals surface area (Å²) in [5.74, 6) is -0.281. The standard InChI is InChI=1S/C15H16N4O3S/c1-9-4-5-12(6-14(9)19(21)22)10(2)17-18-15(20)7-13-8-23-11(3)16-13/h4-6,8H,7H2,1-3H3,(H,18,20)/b17-10-. The van der Waals surface area contributed by atoms with Gasteiger partial charge in [0.25, 0.3) is 5.69 Å². The van der Waals surface area contributed by atoms with Gasteiger partial charge in [0.15, 0.2) is 0 Å². The Hall–Kier alpha value is -2.61. The third-order valence-corrected chi connectivity index (χ3v) is 4.00. The molecule has 8 heteroatoms. The Kier molecular flexibility index (Phi) is 5.17. The van der Waals surface area contributed by atoms with Gasteiger partial charge in [-0.3, -0.25) is 14.9 Å². The van der Waals surface area contributed by atoms with Crippen molar-refractivity contribution >= 4 is 28.6 Å². The molecular formula is C15H16N4O3S. The molecule has 0 bridgehead atoms. The zero-order valence-electron chi connectivity index (χ0n) is 13.0. The Morgan fingerprint density at radius 2 is 2.17 bits per heavy atom. The van der Waals surface area contributed by atoms with Crippen molar-refractivity contribution in [3.05, 3.63) is 55.5 Å². The van der Waals surface area contributed by atoms with Gasteiger partial charge in [0.1, 0.15) is 0 Å². The summed E-state index contributed by atoms with van der Waals surface area (Å²) < 4.78 is 0. The highest BCUT2D eigenvalue weighted by molar-refractivity contribution is 7.09. The number of rotatable bonds is 5. The molecule has 2 aromatic rings. The molecule has 0 unspecified atom stereocenters. The number of amides is 1. The number of nitro benzene ring substituents is 1.